The zero-order chi connectivity index (χ0) is 18.1. The first-order valence-electron chi connectivity index (χ1n) is 7.94. The predicted octanol–water partition coefficient (Wildman–Crippen LogP) is 3.90. The van der Waals surface area contributed by atoms with Gasteiger partial charge in [-0.3, -0.25) is 9.59 Å². The highest BCUT2D eigenvalue weighted by Gasteiger charge is 2.07. The molecule has 0 fully saturated rings. The lowest BCUT2D eigenvalue weighted by Crippen LogP contribution is -2.22. The van der Waals surface area contributed by atoms with E-state index in [4.69, 9.17) is 0 Å². The minimum Gasteiger partial charge on any atom is -0.326 e. The highest BCUT2D eigenvalue weighted by molar-refractivity contribution is 9.10. The minimum atomic E-state index is -0.279. The Morgan fingerprint density at radius 1 is 0.960 bits per heavy atom. The van der Waals surface area contributed by atoms with Gasteiger partial charge in [-0.1, -0.05) is 46.3 Å². The van der Waals surface area contributed by atoms with Crippen LogP contribution in [0.15, 0.2) is 64.2 Å². The molecule has 2 N–H and O–H groups in total. The van der Waals surface area contributed by atoms with Crippen LogP contribution in [0.3, 0.4) is 0 Å². The van der Waals surface area contributed by atoms with Crippen LogP contribution in [0.5, 0.6) is 0 Å². The normalized spacial score (nSPS) is 11.0. The summed E-state index contributed by atoms with van der Waals surface area (Å²) >= 11 is 3.33. The first-order valence-corrected chi connectivity index (χ1v) is 8.73. The van der Waals surface area contributed by atoms with Crippen molar-refractivity contribution < 1.29 is 9.59 Å². The topological polar surface area (TPSA) is 70.6 Å². The lowest BCUT2D eigenvalue weighted by molar-refractivity contribution is -0.124. The molecular formula is C19H20BrN3O2. The Hall–Kier alpha value is -2.47. The van der Waals surface area contributed by atoms with Crippen LogP contribution in [-0.4, -0.2) is 17.5 Å². The molecule has 2 rings (SSSR count). The van der Waals surface area contributed by atoms with Gasteiger partial charge in [0.1, 0.15) is 0 Å². The van der Waals surface area contributed by atoms with Gasteiger partial charge < -0.3 is 5.32 Å². The molecule has 2 aromatic rings. The van der Waals surface area contributed by atoms with Crippen LogP contribution in [0, 0.1) is 0 Å². The van der Waals surface area contributed by atoms with Gasteiger partial charge in [0, 0.05) is 35.1 Å². The first kappa shape index (κ1) is 18.9. The molecule has 6 heteroatoms. The first-order chi connectivity index (χ1) is 12.0. The number of hydrogen-bond donors (Lipinski definition) is 2. The maximum atomic E-state index is 11.8. The van der Waals surface area contributed by atoms with Gasteiger partial charge in [0.25, 0.3) is 0 Å². The Morgan fingerprint density at radius 2 is 1.60 bits per heavy atom. The molecule has 130 valence electrons. The summed E-state index contributed by atoms with van der Waals surface area (Å²) in [5.41, 5.74) is 5.13. The number of carbonyl (C=O) groups excluding carboxylic acids is 2. The lowest BCUT2D eigenvalue weighted by atomic mass is 10.1. The Morgan fingerprint density at radius 3 is 2.28 bits per heavy atom. The van der Waals surface area contributed by atoms with E-state index in [9.17, 15) is 9.59 Å². The van der Waals surface area contributed by atoms with Gasteiger partial charge in [0.05, 0.1) is 0 Å². The Balaban J connectivity index is 1.71. The molecule has 0 aliphatic carbocycles. The summed E-state index contributed by atoms with van der Waals surface area (Å²) < 4.78 is 0.939. The second-order valence-electron chi connectivity index (χ2n) is 5.60. The number of nitrogens with zero attached hydrogens (tertiary/aromatic N) is 1. The van der Waals surface area contributed by atoms with E-state index >= 15 is 0 Å². The van der Waals surface area contributed by atoms with E-state index in [-0.39, 0.29) is 24.7 Å². The third-order valence-electron chi connectivity index (χ3n) is 3.38. The molecule has 2 aromatic carbocycles. The number of anilines is 1. The molecule has 0 atom stereocenters. The summed E-state index contributed by atoms with van der Waals surface area (Å²) in [5, 5.41) is 6.82. The van der Waals surface area contributed by atoms with Crippen molar-refractivity contribution in [3.63, 3.8) is 0 Å². The van der Waals surface area contributed by atoms with Crippen molar-refractivity contribution in [3.8, 4) is 0 Å². The maximum Gasteiger partial charge on any atom is 0.240 e. The standard InChI is InChI=1S/C19H20BrN3O2/c1-14(13-15-5-3-2-4-6-15)22-23-19(25)12-11-18(24)21-17-9-7-16(20)8-10-17/h2-10H,11-13H2,1H3,(H,21,24)(H,23,25)/b22-14+. The summed E-state index contributed by atoms with van der Waals surface area (Å²) in [5.74, 6) is -0.485. The van der Waals surface area contributed by atoms with Gasteiger partial charge in [0.15, 0.2) is 0 Å². The van der Waals surface area contributed by atoms with E-state index in [2.05, 4.69) is 31.8 Å². The lowest BCUT2D eigenvalue weighted by Gasteiger charge is -2.05. The average Bonchev–Trinajstić information content (AvgIpc) is 2.61. The SMILES string of the molecule is C/C(Cc1ccccc1)=N\NC(=O)CCC(=O)Nc1ccc(Br)cc1. The summed E-state index contributed by atoms with van der Waals surface area (Å²) in [6.07, 6.45) is 0.866. The van der Waals surface area contributed by atoms with Crippen molar-refractivity contribution >= 4 is 39.1 Å². The summed E-state index contributed by atoms with van der Waals surface area (Å²) in [6.45, 7) is 1.85. The second-order valence-corrected chi connectivity index (χ2v) is 6.52. The molecular weight excluding hydrogens is 382 g/mol. The van der Waals surface area contributed by atoms with Gasteiger partial charge >= 0.3 is 0 Å². The molecule has 0 unspecified atom stereocenters. The monoisotopic (exact) mass is 401 g/mol. The molecule has 0 spiro atoms. The van der Waals surface area contributed by atoms with Crippen molar-refractivity contribution in [2.24, 2.45) is 5.10 Å². The molecule has 0 aliphatic heterocycles. The van der Waals surface area contributed by atoms with Crippen LogP contribution in [0.25, 0.3) is 0 Å². The number of nitrogens with one attached hydrogen (secondary N) is 2. The molecule has 0 aliphatic rings. The molecule has 0 saturated heterocycles. The predicted molar refractivity (Wildman–Crippen MR) is 103 cm³/mol. The van der Waals surface area contributed by atoms with Gasteiger partial charge in [-0.25, -0.2) is 5.43 Å². The average molecular weight is 402 g/mol. The number of hydrogen-bond acceptors (Lipinski definition) is 3. The summed E-state index contributed by atoms with van der Waals surface area (Å²) in [7, 11) is 0. The maximum absolute atomic E-state index is 11.8. The van der Waals surface area contributed by atoms with Crippen molar-refractivity contribution in [1.29, 1.82) is 0 Å². The molecule has 0 heterocycles. The van der Waals surface area contributed by atoms with Crippen LogP contribution < -0.4 is 10.7 Å². The van der Waals surface area contributed by atoms with Crippen molar-refractivity contribution in [1.82, 2.24) is 5.43 Å². The number of amides is 2. The molecule has 25 heavy (non-hydrogen) atoms. The zero-order valence-electron chi connectivity index (χ0n) is 14.0. The summed E-state index contributed by atoms with van der Waals surface area (Å²) in [4.78, 5) is 23.6. The van der Waals surface area contributed by atoms with Crippen LogP contribution in [0.2, 0.25) is 0 Å². The fourth-order valence-corrected chi connectivity index (χ4v) is 2.39. The molecule has 0 saturated carbocycles. The Labute approximate surface area is 155 Å². The fourth-order valence-electron chi connectivity index (χ4n) is 2.13. The van der Waals surface area contributed by atoms with Crippen LogP contribution >= 0.6 is 15.9 Å². The van der Waals surface area contributed by atoms with E-state index in [1.54, 1.807) is 12.1 Å². The molecule has 2 amide bonds. The van der Waals surface area contributed by atoms with Crippen molar-refractivity contribution in [2.45, 2.75) is 26.2 Å². The van der Waals surface area contributed by atoms with Crippen LogP contribution in [-0.2, 0) is 16.0 Å². The van der Waals surface area contributed by atoms with Gasteiger partial charge in [0.2, 0.25) is 11.8 Å². The van der Waals surface area contributed by atoms with Gasteiger partial charge in [-0.05, 0) is 36.8 Å². The number of benzene rings is 2. The summed E-state index contributed by atoms with van der Waals surface area (Å²) in [6, 6.07) is 17.2. The van der Waals surface area contributed by atoms with Crippen LogP contribution in [0.1, 0.15) is 25.3 Å². The van der Waals surface area contributed by atoms with Gasteiger partial charge in [-0.2, -0.15) is 5.10 Å². The molecule has 5 nitrogen and oxygen atoms in total. The number of carbonyl (C=O) groups is 2. The van der Waals surface area contributed by atoms with E-state index in [1.165, 1.54) is 0 Å². The third-order valence-corrected chi connectivity index (χ3v) is 3.91. The highest BCUT2D eigenvalue weighted by Crippen LogP contribution is 2.14. The molecule has 0 aromatic heterocycles. The number of halogens is 1. The fraction of sp³-hybridized carbons (Fsp3) is 0.211. The third kappa shape index (κ3) is 7.30. The van der Waals surface area contributed by atoms with Crippen molar-refractivity contribution in [2.75, 3.05) is 5.32 Å². The Bertz CT molecular complexity index is 743. The van der Waals surface area contributed by atoms with E-state index in [0.29, 0.717) is 12.1 Å². The van der Waals surface area contributed by atoms with Crippen LogP contribution in [0.4, 0.5) is 5.69 Å². The zero-order valence-corrected chi connectivity index (χ0v) is 15.5. The van der Waals surface area contributed by atoms with Crippen molar-refractivity contribution in [3.05, 3.63) is 64.6 Å². The van der Waals surface area contributed by atoms with Gasteiger partial charge in [-0.15, -0.1) is 0 Å². The second kappa shape index (κ2) is 9.74. The largest absolute Gasteiger partial charge is 0.326 e. The molecule has 0 bridgehead atoms. The van der Waals surface area contributed by atoms with E-state index < -0.39 is 0 Å². The highest BCUT2D eigenvalue weighted by atomic mass is 79.9. The Kier molecular flexibility index (Phi) is 7.35. The smallest absolute Gasteiger partial charge is 0.240 e. The molecule has 0 radical (unpaired) electrons. The quantitative estimate of drug-likeness (QED) is 0.545. The van der Waals surface area contributed by atoms with E-state index in [0.717, 1.165) is 15.7 Å². The number of rotatable bonds is 7. The number of hydrazone groups is 1. The minimum absolute atomic E-state index is 0.0878. The van der Waals surface area contributed by atoms with E-state index in [1.807, 2.05) is 49.4 Å².